The highest BCUT2D eigenvalue weighted by Gasteiger charge is 2.31. The molecule has 2 saturated heterocycles. The second-order valence-corrected chi connectivity index (χ2v) is 12.7. The number of amides is 2. The normalized spacial score (nSPS) is 20.8. The van der Waals surface area contributed by atoms with Gasteiger partial charge in [-0.15, -0.1) is 0 Å². The number of piperazine rings is 1. The summed E-state index contributed by atoms with van der Waals surface area (Å²) in [6, 6.07) is 27.2. The molecular weight excluding hydrogens is 560 g/mol. The van der Waals surface area contributed by atoms with Gasteiger partial charge in [0.1, 0.15) is 0 Å². The van der Waals surface area contributed by atoms with E-state index in [2.05, 4.69) is 55.0 Å². The quantitative estimate of drug-likeness (QED) is 0.245. The van der Waals surface area contributed by atoms with Crippen LogP contribution in [0.3, 0.4) is 0 Å². The van der Waals surface area contributed by atoms with E-state index in [9.17, 15) is 4.79 Å². The number of fused-ring (bicyclic) bond motifs is 1. The van der Waals surface area contributed by atoms with Crippen molar-refractivity contribution in [3.63, 3.8) is 0 Å². The molecule has 1 aromatic heterocycles. The number of benzene rings is 3. The molecule has 0 radical (unpaired) electrons. The molecule has 0 atom stereocenters. The van der Waals surface area contributed by atoms with E-state index in [4.69, 9.17) is 4.98 Å². The Labute approximate surface area is 266 Å². The zero-order valence-electron chi connectivity index (χ0n) is 25.9. The lowest BCUT2D eigenvalue weighted by molar-refractivity contribution is 0.184. The molecule has 0 unspecified atom stereocenters. The number of nitrogens with zero attached hydrogens (tertiary/aromatic N) is 5. The summed E-state index contributed by atoms with van der Waals surface area (Å²) in [5.74, 6) is 1.48. The largest absolute Gasteiger partial charge is 0.369 e. The van der Waals surface area contributed by atoms with Crippen LogP contribution in [-0.2, 0) is 6.54 Å². The molecule has 3 aromatic carbocycles. The van der Waals surface area contributed by atoms with Gasteiger partial charge in [0.15, 0.2) is 0 Å². The van der Waals surface area contributed by atoms with E-state index in [0.717, 1.165) is 93.0 Å². The number of hydrogen-bond donors (Lipinski definition) is 3. The van der Waals surface area contributed by atoms with Gasteiger partial charge in [0.2, 0.25) is 5.95 Å². The minimum absolute atomic E-state index is 0.0417. The number of aromatic nitrogens is 2. The van der Waals surface area contributed by atoms with E-state index in [0.29, 0.717) is 12.5 Å². The number of anilines is 3. The number of nitrogens with one attached hydrogen (secondary N) is 3. The Bertz CT molecular complexity index is 1540. The number of carbonyl (C=O) groups is 1. The molecule has 234 valence electrons. The van der Waals surface area contributed by atoms with Crippen LogP contribution in [-0.4, -0.2) is 78.8 Å². The van der Waals surface area contributed by atoms with Crippen molar-refractivity contribution in [2.75, 3.05) is 60.9 Å². The SMILES string of the molecule is O=C(NCc1ccccc1)N(c1ccc(N2CCN(CC3CNC3)CC2)cc1)C1CCC(Nc2ncc3ccccc3n2)CC1. The van der Waals surface area contributed by atoms with Gasteiger partial charge in [-0.1, -0.05) is 48.5 Å². The standard InChI is InChI=1S/C36H44N8O/c45-36(39-24-27-6-2-1-3-7-27)44(32-12-10-30(11-13-32)40-35-38-25-29-8-4-5-9-34(29)41-35)33-16-14-31(15-17-33)43-20-18-42(19-21-43)26-28-22-37-23-28/h1-9,14-17,25,28,30,32,37H,10-13,18-24,26H2,(H,39,45)(H,38,40,41). The Hall–Kier alpha value is -4.21. The van der Waals surface area contributed by atoms with Crippen molar-refractivity contribution < 1.29 is 4.79 Å². The van der Waals surface area contributed by atoms with Crippen LogP contribution in [0, 0.1) is 5.92 Å². The minimum Gasteiger partial charge on any atom is -0.369 e. The van der Waals surface area contributed by atoms with E-state index in [1.54, 1.807) is 0 Å². The van der Waals surface area contributed by atoms with E-state index in [-0.39, 0.29) is 18.1 Å². The van der Waals surface area contributed by atoms with E-state index in [1.165, 1.54) is 12.2 Å². The average Bonchev–Trinajstić information content (AvgIpc) is 3.07. The van der Waals surface area contributed by atoms with Crippen LogP contribution in [0.2, 0.25) is 0 Å². The molecular formula is C36H44N8O. The first kappa shape index (κ1) is 29.5. The first-order valence-electron chi connectivity index (χ1n) is 16.6. The smallest absolute Gasteiger partial charge is 0.322 e. The molecule has 9 nitrogen and oxygen atoms in total. The molecule has 3 N–H and O–H groups in total. The van der Waals surface area contributed by atoms with E-state index < -0.39 is 0 Å². The monoisotopic (exact) mass is 604 g/mol. The van der Waals surface area contributed by atoms with Gasteiger partial charge >= 0.3 is 6.03 Å². The van der Waals surface area contributed by atoms with Gasteiger partial charge in [0, 0.05) is 87.4 Å². The van der Waals surface area contributed by atoms with Crippen molar-refractivity contribution in [1.29, 1.82) is 0 Å². The molecule has 45 heavy (non-hydrogen) atoms. The van der Waals surface area contributed by atoms with Crippen LogP contribution in [0.4, 0.5) is 22.1 Å². The topological polar surface area (TPSA) is 88.7 Å². The van der Waals surface area contributed by atoms with Gasteiger partial charge in [-0.05, 0) is 67.5 Å². The lowest BCUT2D eigenvalue weighted by Crippen LogP contribution is -2.53. The van der Waals surface area contributed by atoms with Crippen molar-refractivity contribution in [1.82, 2.24) is 25.5 Å². The number of carbonyl (C=O) groups excluding carboxylic acids is 1. The van der Waals surface area contributed by atoms with Gasteiger partial charge in [-0.2, -0.15) is 0 Å². The maximum absolute atomic E-state index is 13.8. The fourth-order valence-corrected chi connectivity index (χ4v) is 6.91. The predicted molar refractivity (Wildman–Crippen MR) is 182 cm³/mol. The predicted octanol–water partition coefficient (Wildman–Crippen LogP) is 5.11. The summed E-state index contributed by atoms with van der Waals surface area (Å²) in [5, 5.41) is 11.2. The maximum atomic E-state index is 13.8. The van der Waals surface area contributed by atoms with Crippen molar-refractivity contribution in [3.05, 3.63) is 90.6 Å². The van der Waals surface area contributed by atoms with Crippen LogP contribution in [0.1, 0.15) is 31.2 Å². The Kier molecular flexibility index (Phi) is 9.07. The summed E-state index contributed by atoms with van der Waals surface area (Å²) in [4.78, 5) is 30.2. The lowest BCUT2D eigenvalue weighted by atomic mass is 9.90. The average molecular weight is 605 g/mol. The molecule has 2 aliphatic heterocycles. The summed E-state index contributed by atoms with van der Waals surface area (Å²) >= 11 is 0. The number of rotatable bonds is 9. The van der Waals surface area contributed by atoms with Crippen LogP contribution >= 0.6 is 0 Å². The first-order chi connectivity index (χ1) is 22.2. The molecule has 0 spiro atoms. The molecule has 3 heterocycles. The molecule has 4 aromatic rings. The highest BCUT2D eigenvalue weighted by atomic mass is 16.2. The summed E-state index contributed by atoms with van der Waals surface area (Å²) < 4.78 is 0. The molecule has 9 heteroatoms. The van der Waals surface area contributed by atoms with Gasteiger partial charge in [0.25, 0.3) is 0 Å². The highest BCUT2D eigenvalue weighted by Crippen LogP contribution is 2.31. The Morgan fingerprint density at radius 2 is 1.60 bits per heavy atom. The number of para-hydroxylation sites is 1. The van der Waals surface area contributed by atoms with Gasteiger partial charge in [-0.3, -0.25) is 9.80 Å². The molecule has 0 bridgehead atoms. The number of hydrogen-bond acceptors (Lipinski definition) is 7. The summed E-state index contributed by atoms with van der Waals surface area (Å²) in [7, 11) is 0. The van der Waals surface area contributed by atoms with Crippen molar-refractivity contribution in [3.8, 4) is 0 Å². The molecule has 1 saturated carbocycles. The fraction of sp³-hybridized carbons (Fsp3) is 0.417. The Morgan fingerprint density at radius 1 is 0.867 bits per heavy atom. The minimum atomic E-state index is -0.0417. The van der Waals surface area contributed by atoms with Crippen LogP contribution in [0.5, 0.6) is 0 Å². The third-order valence-corrected chi connectivity index (χ3v) is 9.64. The lowest BCUT2D eigenvalue weighted by Gasteiger charge is -2.40. The van der Waals surface area contributed by atoms with E-state index >= 15 is 0 Å². The Morgan fingerprint density at radius 3 is 2.33 bits per heavy atom. The second kappa shape index (κ2) is 13.8. The van der Waals surface area contributed by atoms with Gasteiger partial charge in [0.05, 0.1) is 5.52 Å². The van der Waals surface area contributed by atoms with Gasteiger partial charge < -0.3 is 20.9 Å². The molecule has 7 rings (SSSR count). The Balaban J connectivity index is 1.01. The highest BCUT2D eigenvalue weighted by molar-refractivity contribution is 5.93. The molecule has 3 aliphatic rings. The third kappa shape index (κ3) is 7.21. The molecule has 3 fully saturated rings. The molecule has 2 amide bonds. The van der Waals surface area contributed by atoms with Crippen LogP contribution in [0.15, 0.2) is 85.1 Å². The van der Waals surface area contributed by atoms with Gasteiger partial charge in [-0.25, -0.2) is 14.8 Å². The van der Waals surface area contributed by atoms with Crippen molar-refractivity contribution in [2.24, 2.45) is 5.92 Å². The fourth-order valence-electron chi connectivity index (χ4n) is 6.91. The van der Waals surface area contributed by atoms with E-state index in [1.807, 2.05) is 65.7 Å². The second-order valence-electron chi connectivity index (χ2n) is 12.7. The summed E-state index contributed by atoms with van der Waals surface area (Å²) in [6.45, 7) is 8.33. The third-order valence-electron chi connectivity index (χ3n) is 9.64. The summed E-state index contributed by atoms with van der Waals surface area (Å²) in [6.07, 6.45) is 5.59. The zero-order valence-corrected chi connectivity index (χ0v) is 25.9. The van der Waals surface area contributed by atoms with Crippen LogP contribution in [0.25, 0.3) is 10.9 Å². The summed E-state index contributed by atoms with van der Waals surface area (Å²) in [5.41, 5.74) is 4.23. The zero-order chi connectivity index (χ0) is 30.4. The first-order valence-corrected chi connectivity index (χ1v) is 16.6. The van der Waals surface area contributed by atoms with Crippen molar-refractivity contribution >= 4 is 34.3 Å². The van der Waals surface area contributed by atoms with Crippen molar-refractivity contribution in [2.45, 2.75) is 44.3 Å². The number of urea groups is 1. The van der Waals surface area contributed by atoms with Crippen LogP contribution < -0.4 is 25.8 Å². The maximum Gasteiger partial charge on any atom is 0.322 e. The molecule has 1 aliphatic carbocycles.